The minimum atomic E-state index is 0.482. The van der Waals surface area contributed by atoms with Crippen LogP contribution in [0.15, 0.2) is 71.7 Å². The first-order valence-corrected chi connectivity index (χ1v) is 8.63. The molecule has 3 aromatic rings. The van der Waals surface area contributed by atoms with Gasteiger partial charge >= 0.3 is 0 Å². The summed E-state index contributed by atoms with van der Waals surface area (Å²) in [6.07, 6.45) is 1.81. The fraction of sp³-hybridized carbons (Fsp3) is 0.0952. The Kier molecular flexibility index (Phi) is 5.75. The molecule has 0 unspecified atom stereocenters. The van der Waals surface area contributed by atoms with Crippen LogP contribution in [0.4, 0.5) is 5.69 Å². The number of aliphatic imine (C=N–C) groups is 1. The van der Waals surface area contributed by atoms with E-state index in [2.05, 4.69) is 4.99 Å². The topological polar surface area (TPSA) is 21.6 Å². The fourth-order valence-electron chi connectivity index (χ4n) is 2.25. The molecule has 0 heterocycles. The normalized spacial score (nSPS) is 11.0. The predicted molar refractivity (Wildman–Crippen MR) is 106 cm³/mol. The lowest BCUT2D eigenvalue weighted by atomic mass is 10.2. The highest BCUT2D eigenvalue weighted by molar-refractivity contribution is 6.31. The van der Waals surface area contributed by atoms with Gasteiger partial charge in [-0.15, -0.1) is 0 Å². The number of rotatable bonds is 5. The average Bonchev–Trinajstić information content (AvgIpc) is 2.62. The standard InChI is InChI=1S/C21H17Cl2NO/c1-15-5-8-19(12-21(15)23)24-13-16-6-9-20(10-7-16)25-14-17-3-2-4-18(22)11-17/h2-13H,14H2,1H3. The van der Waals surface area contributed by atoms with Crippen molar-refractivity contribution in [3.63, 3.8) is 0 Å². The van der Waals surface area contributed by atoms with Gasteiger partial charge in [0.15, 0.2) is 0 Å². The van der Waals surface area contributed by atoms with E-state index in [-0.39, 0.29) is 0 Å². The fourth-order valence-corrected chi connectivity index (χ4v) is 2.64. The number of halogens is 2. The second-order valence-electron chi connectivity index (χ2n) is 5.68. The van der Waals surface area contributed by atoms with Crippen molar-refractivity contribution in [1.29, 1.82) is 0 Å². The zero-order chi connectivity index (χ0) is 17.6. The number of hydrogen-bond acceptors (Lipinski definition) is 2. The van der Waals surface area contributed by atoms with Gasteiger partial charge in [0.05, 0.1) is 5.69 Å². The van der Waals surface area contributed by atoms with Crippen molar-refractivity contribution in [3.05, 3.63) is 93.5 Å². The first-order chi connectivity index (χ1) is 12.1. The van der Waals surface area contributed by atoms with Gasteiger partial charge in [-0.05, 0) is 72.1 Å². The van der Waals surface area contributed by atoms with Gasteiger partial charge in [0, 0.05) is 16.3 Å². The number of aryl methyl sites for hydroxylation is 1. The van der Waals surface area contributed by atoms with Gasteiger partial charge in [-0.2, -0.15) is 0 Å². The highest BCUT2D eigenvalue weighted by atomic mass is 35.5. The molecule has 0 fully saturated rings. The lowest BCUT2D eigenvalue weighted by Gasteiger charge is -2.06. The summed E-state index contributed by atoms with van der Waals surface area (Å²) < 4.78 is 5.77. The van der Waals surface area contributed by atoms with Gasteiger partial charge in [-0.1, -0.05) is 41.4 Å². The monoisotopic (exact) mass is 369 g/mol. The van der Waals surface area contributed by atoms with Crippen LogP contribution in [0.2, 0.25) is 10.0 Å². The van der Waals surface area contributed by atoms with E-state index in [1.165, 1.54) is 0 Å². The molecule has 0 aliphatic heterocycles. The van der Waals surface area contributed by atoms with Crippen molar-refractivity contribution in [2.75, 3.05) is 0 Å². The molecule has 0 bridgehead atoms. The molecule has 4 heteroatoms. The third-order valence-electron chi connectivity index (χ3n) is 3.69. The Balaban J connectivity index is 1.61. The molecule has 126 valence electrons. The molecule has 3 aromatic carbocycles. The Morgan fingerprint density at radius 1 is 0.960 bits per heavy atom. The first kappa shape index (κ1) is 17.5. The molecular formula is C21H17Cl2NO. The second kappa shape index (κ2) is 8.19. The van der Waals surface area contributed by atoms with Crippen LogP contribution < -0.4 is 4.74 Å². The summed E-state index contributed by atoms with van der Waals surface area (Å²) >= 11 is 12.1. The molecule has 25 heavy (non-hydrogen) atoms. The average molecular weight is 370 g/mol. The summed E-state index contributed by atoms with van der Waals surface area (Å²) in [7, 11) is 0. The molecule has 0 aliphatic carbocycles. The van der Waals surface area contributed by atoms with Crippen LogP contribution in [0.25, 0.3) is 0 Å². The summed E-state index contributed by atoms with van der Waals surface area (Å²) in [6.45, 7) is 2.45. The second-order valence-corrected chi connectivity index (χ2v) is 6.52. The van der Waals surface area contributed by atoms with Crippen LogP contribution in [-0.4, -0.2) is 6.21 Å². The SMILES string of the molecule is Cc1ccc(N=Cc2ccc(OCc3cccc(Cl)c3)cc2)cc1Cl. The molecular weight excluding hydrogens is 353 g/mol. The molecule has 3 rings (SSSR count). The minimum Gasteiger partial charge on any atom is -0.489 e. The zero-order valence-corrected chi connectivity index (χ0v) is 15.3. The summed E-state index contributed by atoms with van der Waals surface area (Å²) in [4.78, 5) is 4.45. The lowest BCUT2D eigenvalue weighted by molar-refractivity contribution is 0.306. The summed E-state index contributed by atoms with van der Waals surface area (Å²) in [5.41, 5.74) is 3.90. The van der Waals surface area contributed by atoms with E-state index in [0.29, 0.717) is 11.6 Å². The Morgan fingerprint density at radius 3 is 2.48 bits per heavy atom. The maximum absolute atomic E-state index is 6.11. The van der Waals surface area contributed by atoms with Crippen molar-refractivity contribution in [1.82, 2.24) is 0 Å². The summed E-state index contributed by atoms with van der Waals surface area (Å²) in [5.74, 6) is 0.801. The third kappa shape index (κ3) is 5.09. The predicted octanol–water partition coefficient (Wildman–Crippen LogP) is 6.63. The molecule has 0 amide bonds. The maximum atomic E-state index is 6.11. The van der Waals surface area contributed by atoms with Gasteiger partial charge in [-0.3, -0.25) is 4.99 Å². The van der Waals surface area contributed by atoms with Crippen molar-refractivity contribution in [3.8, 4) is 5.75 Å². The van der Waals surface area contributed by atoms with E-state index in [0.717, 1.165) is 33.1 Å². The number of hydrogen-bond donors (Lipinski definition) is 0. The molecule has 0 saturated heterocycles. The number of ether oxygens (including phenoxy) is 1. The molecule has 0 spiro atoms. The minimum absolute atomic E-state index is 0.482. The summed E-state index contributed by atoms with van der Waals surface area (Å²) in [5, 5.41) is 1.43. The van der Waals surface area contributed by atoms with E-state index in [1.54, 1.807) is 0 Å². The van der Waals surface area contributed by atoms with Crippen molar-refractivity contribution < 1.29 is 4.74 Å². The van der Waals surface area contributed by atoms with E-state index in [1.807, 2.05) is 79.9 Å². The van der Waals surface area contributed by atoms with E-state index in [4.69, 9.17) is 27.9 Å². The van der Waals surface area contributed by atoms with Crippen LogP contribution in [0, 0.1) is 6.92 Å². The highest BCUT2D eigenvalue weighted by Gasteiger charge is 1.99. The van der Waals surface area contributed by atoms with Crippen molar-refractivity contribution in [2.24, 2.45) is 4.99 Å². The lowest BCUT2D eigenvalue weighted by Crippen LogP contribution is -1.95. The van der Waals surface area contributed by atoms with Gasteiger partial charge in [0.1, 0.15) is 12.4 Å². The highest BCUT2D eigenvalue weighted by Crippen LogP contribution is 2.22. The smallest absolute Gasteiger partial charge is 0.119 e. The van der Waals surface area contributed by atoms with Gasteiger partial charge < -0.3 is 4.74 Å². The first-order valence-electron chi connectivity index (χ1n) is 7.88. The Bertz CT molecular complexity index is 889. The summed E-state index contributed by atoms with van der Waals surface area (Å²) in [6, 6.07) is 21.2. The van der Waals surface area contributed by atoms with E-state index >= 15 is 0 Å². The van der Waals surface area contributed by atoms with Gasteiger partial charge in [-0.25, -0.2) is 0 Å². The van der Waals surface area contributed by atoms with E-state index in [9.17, 15) is 0 Å². The molecule has 0 N–H and O–H groups in total. The van der Waals surface area contributed by atoms with Gasteiger partial charge in [0.25, 0.3) is 0 Å². The molecule has 0 aliphatic rings. The van der Waals surface area contributed by atoms with Gasteiger partial charge in [0.2, 0.25) is 0 Å². The van der Waals surface area contributed by atoms with Crippen LogP contribution >= 0.6 is 23.2 Å². The number of benzene rings is 3. The Morgan fingerprint density at radius 2 is 1.76 bits per heavy atom. The Labute approximate surface area is 157 Å². The molecule has 0 radical (unpaired) electrons. The third-order valence-corrected chi connectivity index (χ3v) is 4.34. The van der Waals surface area contributed by atoms with Crippen LogP contribution in [0.5, 0.6) is 5.75 Å². The number of nitrogens with zero attached hydrogens (tertiary/aromatic N) is 1. The van der Waals surface area contributed by atoms with Crippen molar-refractivity contribution in [2.45, 2.75) is 13.5 Å². The molecule has 2 nitrogen and oxygen atoms in total. The van der Waals surface area contributed by atoms with Crippen LogP contribution in [0.1, 0.15) is 16.7 Å². The van der Waals surface area contributed by atoms with E-state index < -0.39 is 0 Å². The molecule has 0 aromatic heterocycles. The van der Waals surface area contributed by atoms with Crippen LogP contribution in [0.3, 0.4) is 0 Å². The Hall–Kier alpha value is -2.29. The molecule has 0 atom stereocenters. The maximum Gasteiger partial charge on any atom is 0.119 e. The molecule has 0 saturated carbocycles. The van der Waals surface area contributed by atoms with Crippen molar-refractivity contribution >= 4 is 35.1 Å². The zero-order valence-electron chi connectivity index (χ0n) is 13.7. The largest absolute Gasteiger partial charge is 0.489 e. The quantitative estimate of drug-likeness (QED) is 0.462. The van der Waals surface area contributed by atoms with Crippen LogP contribution in [-0.2, 0) is 6.61 Å².